The highest BCUT2D eigenvalue weighted by Crippen LogP contribution is 2.71. The van der Waals surface area contributed by atoms with Crippen molar-refractivity contribution in [2.24, 2.45) is 23.7 Å². The Labute approximate surface area is 65.7 Å². The van der Waals surface area contributed by atoms with Crippen molar-refractivity contribution in [3.8, 4) is 0 Å². The Morgan fingerprint density at radius 3 is 1.90 bits per heavy atom. The molecular formula is C9H15S+. The predicted octanol–water partition coefficient (Wildman–Crippen LogP) is 1.52. The summed E-state index contributed by atoms with van der Waals surface area (Å²) in [6.07, 6.45) is 8.12. The van der Waals surface area contributed by atoms with Crippen LogP contribution in [-0.4, -0.2) is 17.8 Å². The zero-order chi connectivity index (χ0) is 6.88. The van der Waals surface area contributed by atoms with Gasteiger partial charge >= 0.3 is 0 Å². The summed E-state index contributed by atoms with van der Waals surface area (Å²) in [5, 5.41) is 1.18. The molecule has 4 rings (SSSR count). The van der Waals surface area contributed by atoms with Crippen LogP contribution in [-0.2, 0) is 10.9 Å². The van der Waals surface area contributed by atoms with Gasteiger partial charge in [-0.25, -0.2) is 0 Å². The van der Waals surface area contributed by atoms with Crippen molar-refractivity contribution in [2.45, 2.75) is 18.1 Å². The number of rotatable bonds is 1. The van der Waals surface area contributed by atoms with Crippen molar-refractivity contribution in [1.29, 1.82) is 0 Å². The fraction of sp³-hybridized carbons (Fsp3) is 1.00. The smallest absolute Gasteiger partial charge is 0.0421 e. The molecule has 3 unspecified atom stereocenters. The molecule has 5 atom stereocenters. The van der Waals surface area contributed by atoms with E-state index >= 15 is 0 Å². The summed E-state index contributed by atoms with van der Waals surface area (Å²) in [6, 6.07) is 0. The van der Waals surface area contributed by atoms with Crippen LogP contribution in [0.1, 0.15) is 12.8 Å². The first kappa shape index (κ1) is 5.93. The van der Waals surface area contributed by atoms with Gasteiger partial charge < -0.3 is 0 Å². The minimum absolute atomic E-state index is 0.732. The first-order valence-corrected chi connectivity index (χ1v) is 6.46. The van der Waals surface area contributed by atoms with E-state index in [1.165, 1.54) is 28.9 Å². The second-order valence-corrected chi connectivity index (χ2v) is 6.78. The molecule has 0 aliphatic heterocycles. The van der Waals surface area contributed by atoms with Gasteiger partial charge in [-0.15, -0.1) is 0 Å². The van der Waals surface area contributed by atoms with Gasteiger partial charge in [0.25, 0.3) is 0 Å². The summed E-state index contributed by atoms with van der Waals surface area (Å²) in [7, 11) is 0.732. The maximum absolute atomic E-state index is 2.45. The van der Waals surface area contributed by atoms with E-state index in [4.69, 9.17) is 0 Å². The van der Waals surface area contributed by atoms with Gasteiger partial charge in [-0.05, 0) is 35.6 Å². The van der Waals surface area contributed by atoms with Crippen LogP contribution in [0.2, 0.25) is 0 Å². The number of hydrogen-bond acceptors (Lipinski definition) is 0. The molecule has 0 radical (unpaired) electrons. The van der Waals surface area contributed by atoms with Crippen LogP contribution >= 0.6 is 0 Å². The van der Waals surface area contributed by atoms with E-state index in [1.807, 2.05) is 0 Å². The van der Waals surface area contributed by atoms with Gasteiger partial charge in [0.15, 0.2) is 0 Å². The van der Waals surface area contributed by atoms with Crippen molar-refractivity contribution < 1.29 is 0 Å². The summed E-state index contributed by atoms with van der Waals surface area (Å²) in [6.45, 7) is 0. The molecular weight excluding hydrogens is 140 g/mol. The lowest BCUT2D eigenvalue weighted by Gasteiger charge is -2.09. The third-order valence-electron chi connectivity index (χ3n) is 3.94. The minimum Gasteiger partial charge on any atom is -0.0421 e. The molecule has 1 heteroatoms. The van der Waals surface area contributed by atoms with Crippen LogP contribution in [0.3, 0.4) is 0 Å². The second-order valence-electron chi connectivity index (χ2n) is 4.48. The molecule has 0 saturated heterocycles. The van der Waals surface area contributed by atoms with Gasteiger partial charge in [-0.2, -0.15) is 0 Å². The summed E-state index contributed by atoms with van der Waals surface area (Å²) in [5.74, 6) is 4.86. The lowest BCUT2D eigenvalue weighted by atomic mass is 10.1. The Bertz CT molecular complexity index is 162. The van der Waals surface area contributed by atoms with E-state index < -0.39 is 0 Å². The van der Waals surface area contributed by atoms with Crippen molar-refractivity contribution in [1.82, 2.24) is 0 Å². The zero-order valence-corrected chi connectivity index (χ0v) is 7.53. The minimum atomic E-state index is 0.732. The molecule has 0 amide bonds. The summed E-state index contributed by atoms with van der Waals surface area (Å²) in [4.78, 5) is 0. The average molecular weight is 155 g/mol. The van der Waals surface area contributed by atoms with E-state index in [9.17, 15) is 0 Å². The van der Waals surface area contributed by atoms with E-state index in [-0.39, 0.29) is 0 Å². The standard InChI is InChI=1S/C9H15S/c1-10(2)9-5-3-6-7(4-5)8(6)9/h5-9H,3-4H2,1-2H3/q+1/t5?,6-,7?,8?,9+/m1/s1. The second kappa shape index (κ2) is 1.57. The highest BCUT2D eigenvalue weighted by atomic mass is 32.2. The van der Waals surface area contributed by atoms with Crippen molar-refractivity contribution >= 4 is 10.9 Å². The van der Waals surface area contributed by atoms with Crippen LogP contribution in [0.15, 0.2) is 0 Å². The molecule has 4 saturated carbocycles. The normalized spacial score (nSPS) is 62.1. The SMILES string of the molecule is C[S+](C)[C@H]1C2CC3C1[C@@H]3C2. The molecule has 56 valence electrons. The molecule has 4 fully saturated rings. The molecule has 0 nitrogen and oxygen atoms in total. The third-order valence-corrected chi connectivity index (χ3v) is 5.72. The highest BCUT2D eigenvalue weighted by Gasteiger charge is 2.72. The fourth-order valence-corrected chi connectivity index (χ4v) is 5.73. The largest absolute Gasteiger partial charge is 0.123 e. The van der Waals surface area contributed by atoms with E-state index in [0.717, 1.165) is 10.9 Å². The first-order chi connectivity index (χ1) is 4.79. The highest BCUT2D eigenvalue weighted by molar-refractivity contribution is 7.96. The summed E-state index contributed by atoms with van der Waals surface area (Å²) in [5.41, 5.74) is 0. The lowest BCUT2D eigenvalue weighted by Crippen LogP contribution is -2.22. The molecule has 0 spiro atoms. The molecule has 0 aromatic carbocycles. The van der Waals surface area contributed by atoms with Gasteiger partial charge in [0.05, 0.1) is 12.5 Å². The van der Waals surface area contributed by atoms with Gasteiger partial charge in [0, 0.05) is 11.8 Å². The van der Waals surface area contributed by atoms with Gasteiger partial charge in [-0.3, -0.25) is 0 Å². The number of hydrogen-bond donors (Lipinski definition) is 0. The molecule has 4 aliphatic rings. The molecule has 4 aliphatic carbocycles. The molecule has 10 heavy (non-hydrogen) atoms. The zero-order valence-electron chi connectivity index (χ0n) is 6.71. The monoisotopic (exact) mass is 155 g/mol. The first-order valence-electron chi connectivity index (χ1n) is 4.35. The third kappa shape index (κ3) is 0.490. The van der Waals surface area contributed by atoms with Crippen LogP contribution in [0.25, 0.3) is 0 Å². The maximum Gasteiger partial charge on any atom is 0.123 e. The van der Waals surface area contributed by atoms with Crippen molar-refractivity contribution in [2.75, 3.05) is 12.5 Å². The predicted molar refractivity (Wildman–Crippen MR) is 46.2 cm³/mol. The molecule has 0 N–H and O–H groups in total. The summed E-state index contributed by atoms with van der Waals surface area (Å²) >= 11 is 0. The Hall–Kier alpha value is 0.350. The van der Waals surface area contributed by atoms with Gasteiger partial charge in [0.2, 0.25) is 0 Å². The van der Waals surface area contributed by atoms with Crippen molar-refractivity contribution in [3.63, 3.8) is 0 Å². The lowest BCUT2D eigenvalue weighted by molar-refractivity contribution is 0.613. The average Bonchev–Trinajstić information content (AvgIpc) is 2.38. The van der Waals surface area contributed by atoms with Gasteiger partial charge in [0.1, 0.15) is 5.25 Å². The molecule has 0 aromatic rings. The topological polar surface area (TPSA) is 0 Å². The van der Waals surface area contributed by atoms with Gasteiger partial charge in [-0.1, -0.05) is 0 Å². The van der Waals surface area contributed by atoms with Crippen LogP contribution < -0.4 is 0 Å². The van der Waals surface area contributed by atoms with Crippen molar-refractivity contribution in [3.05, 3.63) is 0 Å². The quantitative estimate of drug-likeness (QED) is 0.504. The molecule has 0 aromatic heterocycles. The Kier molecular flexibility index (Phi) is 0.934. The Morgan fingerprint density at radius 2 is 1.70 bits per heavy atom. The van der Waals surface area contributed by atoms with E-state index in [0.29, 0.717) is 0 Å². The van der Waals surface area contributed by atoms with Crippen LogP contribution in [0, 0.1) is 23.7 Å². The maximum atomic E-state index is 2.45. The Morgan fingerprint density at radius 1 is 1.10 bits per heavy atom. The molecule has 4 bridgehead atoms. The van der Waals surface area contributed by atoms with Crippen LogP contribution in [0.4, 0.5) is 0 Å². The van der Waals surface area contributed by atoms with Crippen LogP contribution in [0.5, 0.6) is 0 Å². The summed E-state index contributed by atoms with van der Waals surface area (Å²) < 4.78 is 0. The van der Waals surface area contributed by atoms with E-state index in [1.54, 1.807) is 12.8 Å². The molecule has 0 heterocycles. The fourth-order valence-electron chi connectivity index (χ4n) is 3.70. The van der Waals surface area contributed by atoms with E-state index in [2.05, 4.69) is 12.5 Å². The Balaban J connectivity index is 1.90.